The molecule has 25 heavy (non-hydrogen) atoms. The molecule has 1 aliphatic rings. The zero-order valence-corrected chi connectivity index (χ0v) is 14.9. The molecule has 1 aromatic carbocycles. The number of piperidine rings is 1. The first-order chi connectivity index (χ1) is 11.8. The standard InChI is InChI=1S/C17H22N2O5S/c1-3-25(22,23)18-15-6-8-19(9-7-15)17(21)12-24-16-5-4-13(2)10-14(16)11-20/h3-5,10-11,15,18H,1,6-9,12H2,2H3. The van der Waals surface area contributed by atoms with Gasteiger partial charge in [-0.15, -0.1) is 0 Å². The van der Waals surface area contributed by atoms with E-state index in [1.54, 1.807) is 17.0 Å². The van der Waals surface area contributed by atoms with Crippen LogP contribution < -0.4 is 9.46 Å². The molecule has 0 radical (unpaired) electrons. The molecule has 1 saturated heterocycles. The Bertz CT molecular complexity index is 752. The van der Waals surface area contributed by atoms with Crippen molar-refractivity contribution in [2.24, 2.45) is 0 Å². The third kappa shape index (κ3) is 5.40. The van der Waals surface area contributed by atoms with Crippen LogP contribution in [0.15, 0.2) is 30.2 Å². The van der Waals surface area contributed by atoms with Gasteiger partial charge in [0.2, 0.25) is 10.0 Å². The van der Waals surface area contributed by atoms with Crippen LogP contribution in [0.1, 0.15) is 28.8 Å². The molecule has 1 aliphatic heterocycles. The van der Waals surface area contributed by atoms with Crippen molar-refractivity contribution in [2.45, 2.75) is 25.8 Å². The largest absolute Gasteiger partial charge is 0.483 e. The van der Waals surface area contributed by atoms with Gasteiger partial charge < -0.3 is 9.64 Å². The fourth-order valence-corrected chi connectivity index (χ4v) is 3.45. The lowest BCUT2D eigenvalue weighted by atomic mass is 10.1. The number of hydrogen-bond acceptors (Lipinski definition) is 5. The summed E-state index contributed by atoms with van der Waals surface area (Å²) in [4.78, 5) is 24.9. The van der Waals surface area contributed by atoms with Crippen LogP contribution in [0.3, 0.4) is 0 Å². The second-order valence-electron chi connectivity index (χ2n) is 5.93. The Morgan fingerprint density at radius 3 is 2.68 bits per heavy atom. The van der Waals surface area contributed by atoms with E-state index in [-0.39, 0.29) is 18.6 Å². The average molecular weight is 366 g/mol. The lowest BCUT2D eigenvalue weighted by molar-refractivity contribution is -0.134. The van der Waals surface area contributed by atoms with Gasteiger partial charge in [0.15, 0.2) is 12.9 Å². The number of nitrogens with zero attached hydrogens (tertiary/aromatic N) is 1. The zero-order valence-electron chi connectivity index (χ0n) is 14.1. The van der Waals surface area contributed by atoms with Crippen LogP contribution in [0.5, 0.6) is 5.75 Å². The number of carbonyl (C=O) groups excluding carboxylic acids is 2. The monoisotopic (exact) mass is 366 g/mol. The molecule has 0 aromatic heterocycles. The van der Waals surface area contributed by atoms with Crippen molar-refractivity contribution in [3.8, 4) is 5.75 Å². The van der Waals surface area contributed by atoms with Crippen molar-refractivity contribution in [3.05, 3.63) is 41.3 Å². The van der Waals surface area contributed by atoms with E-state index in [1.165, 1.54) is 0 Å². The number of carbonyl (C=O) groups is 2. The molecule has 7 nitrogen and oxygen atoms in total. The third-order valence-corrected chi connectivity index (χ3v) is 5.14. The Balaban J connectivity index is 1.85. The van der Waals surface area contributed by atoms with Crippen LogP contribution in [0.25, 0.3) is 0 Å². The van der Waals surface area contributed by atoms with Crippen molar-refractivity contribution in [3.63, 3.8) is 0 Å². The van der Waals surface area contributed by atoms with Gasteiger partial charge in [-0.25, -0.2) is 13.1 Å². The summed E-state index contributed by atoms with van der Waals surface area (Å²) < 4.78 is 30.9. The van der Waals surface area contributed by atoms with Gasteiger partial charge in [-0.05, 0) is 31.9 Å². The predicted octanol–water partition coefficient (Wildman–Crippen LogP) is 1.24. The lowest BCUT2D eigenvalue weighted by Crippen LogP contribution is -2.47. The highest BCUT2D eigenvalue weighted by atomic mass is 32.2. The van der Waals surface area contributed by atoms with Crippen LogP contribution in [-0.4, -0.2) is 51.2 Å². The fourth-order valence-electron chi connectivity index (χ4n) is 2.65. The van der Waals surface area contributed by atoms with E-state index in [1.807, 2.05) is 13.0 Å². The maximum Gasteiger partial charge on any atom is 0.260 e. The van der Waals surface area contributed by atoms with Gasteiger partial charge in [-0.1, -0.05) is 18.2 Å². The summed E-state index contributed by atoms with van der Waals surface area (Å²) in [5.41, 5.74) is 1.34. The number of ether oxygens (including phenoxy) is 1. The summed E-state index contributed by atoms with van der Waals surface area (Å²) in [7, 11) is -3.46. The molecule has 0 saturated carbocycles. The normalized spacial score (nSPS) is 15.6. The van der Waals surface area contributed by atoms with Crippen LogP contribution in [-0.2, 0) is 14.8 Å². The van der Waals surface area contributed by atoms with E-state index in [4.69, 9.17) is 4.74 Å². The van der Waals surface area contributed by atoms with Gasteiger partial charge in [0, 0.05) is 24.5 Å². The van der Waals surface area contributed by atoms with Crippen LogP contribution in [0, 0.1) is 6.92 Å². The highest BCUT2D eigenvalue weighted by molar-refractivity contribution is 7.92. The maximum absolute atomic E-state index is 12.2. The van der Waals surface area contributed by atoms with Crippen molar-refractivity contribution in [1.29, 1.82) is 0 Å². The fraction of sp³-hybridized carbons (Fsp3) is 0.412. The molecule has 136 valence electrons. The number of sulfonamides is 1. The molecule has 0 aliphatic carbocycles. The quantitative estimate of drug-likeness (QED) is 0.733. The first kappa shape index (κ1) is 19.1. The molecule has 0 spiro atoms. The molecule has 1 N–H and O–H groups in total. The molecule has 1 aromatic rings. The summed E-state index contributed by atoms with van der Waals surface area (Å²) in [6.07, 6.45) is 1.76. The van der Waals surface area contributed by atoms with Gasteiger partial charge >= 0.3 is 0 Å². The summed E-state index contributed by atoms with van der Waals surface area (Å²) >= 11 is 0. The number of amides is 1. The molecule has 2 rings (SSSR count). The summed E-state index contributed by atoms with van der Waals surface area (Å²) in [6, 6.07) is 4.98. The second kappa shape index (κ2) is 8.26. The van der Waals surface area contributed by atoms with E-state index in [0.29, 0.717) is 43.5 Å². The van der Waals surface area contributed by atoms with E-state index >= 15 is 0 Å². The van der Waals surface area contributed by atoms with Crippen molar-refractivity contribution < 1.29 is 22.7 Å². The smallest absolute Gasteiger partial charge is 0.260 e. The zero-order chi connectivity index (χ0) is 18.4. The first-order valence-corrected chi connectivity index (χ1v) is 9.50. The summed E-state index contributed by atoms with van der Waals surface area (Å²) in [5, 5.41) is 0.880. The minimum Gasteiger partial charge on any atom is -0.483 e. The lowest BCUT2D eigenvalue weighted by Gasteiger charge is -2.32. The van der Waals surface area contributed by atoms with Crippen molar-refractivity contribution in [1.82, 2.24) is 9.62 Å². The molecular weight excluding hydrogens is 344 g/mol. The van der Waals surface area contributed by atoms with E-state index in [0.717, 1.165) is 11.0 Å². The molecule has 1 amide bonds. The van der Waals surface area contributed by atoms with Crippen molar-refractivity contribution >= 4 is 22.2 Å². The number of likely N-dealkylation sites (tertiary alicyclic amines) is 1. The second-order valence-corrected chi connectivity index (χ2v) is 7.59. The molecule has 1 heterocycles. The third-order valence-electron chi connectivity index (χ3n) is 4.04. The topological polar surface area (TPSA) is 92.8 Å². The summed E-state index contributed by atoms with van der Waals surface area (Å²) in [5.74, 6) is 0.185. The molecule has 8 heteroatoms. The number of aldehydes is 1. The SMILES string of the molecule is C=CS(=O)(=O)NC1CCN(C(=O)COc2ccc(C)cc2C=O)CC1. The molecule has 0 bridgehead atoms. The maximum atomic E-state index is 12.2. The number of aryl methyl sites for hydroxylation is 1. The Hall–Kier alpha value is -2.19. The number of benzene rings is 1. The average Bonchev–Trinajstić information content (AvgIpc) is 2.60. The highest BCUT2D eigenvalue weighted by Crippen LogP contribution is 2.19. The first-order valence-electron chi connectivity index (χ1n) is 7.96. The minimum absolute atomic E-state index is 0.160. The predicted molar refractivity (Wildman–Crippen MR) is 93.9 cm³/mol. The number of nitrogens with one attached hydrogen (secondary N) is 1. The van der Waals surface area contributed by atoms with Gasteiger partial charge in [0.1, 0.15) is 5.75 Å². The van der Waals surface area contributed by atoms with E-state index in [9.17, 15) is 18.0 Å². The Kier molecular flexibility index (Phi) is 6.33. The van der Waals surface area contributed by atoms with E-state index in [2.05, 4.69) is 11.3 Å². The van der Waals surface area contributed by atoms with Crippen LogP contribution in [0.4, 0.5) is 0 Å². The molecule has 1 fully saturated rings. The Morgan fingerprint density at radius 1 is 1.40 bits per heavy atom. The van der Waals surface area contributed by atoms with Gasteiger partial charge in [0.25, 0.3) is 5.91 Å². The Morgan fingerprint density at radius 2 is 2.08 bits per heavy atom. The Labute approximate surface area is 147 Å². The molecular formula is C17H22N2O5S. The molecule has 0 unspecified atom stereocenters. The van der Waals surface area contributed by atoms with Crippen molar-refractivity contribution in [2.75, 3.05) is 19.7 Å². The van der Waals surface area contributed by atoms with Crippen LogP contribution in [0.2, 0.25) is 0 Å². The number of rotatable bonds is 7. The van der Waals surface area contributed by atoms with Gasteiger partial charge in [-0.2, -0.15) is 0 Å². The number of hydrogen-bond donors (Lipinski definition) is 1. The molecule has 0 atom stereocenters. The summed E-state index contributed by atoms with van der Waals surface area (Å²) in [6.45, 7) is 5.86. The van der Waals surface area contributed by atoms with Gasteiger partial charge in [-0.3, -0.25) is 9.59 Å². The minimum atomic E-state index is -3.46. The van der Waals surface area contributed by atoms with E-state index < -0.39 is 10.0 Å². The van der Waals surface area contributed by atoms with Gasteiger partial charge in [0.05, 0.1) is 5.56 Å². The highest BCUT2D eigenvalue weighted by Gasteiger charge is 2.25. The van der Waals surface area contributed by atoms with Crippen LogP contribution >= 0.6 is 0 Å².